The number of hydrogen-bond acceptors (Lipinski definition) is 5. The van der Waals surface area contributed by atoms with Crippen LogP contribution >= 0.6 is 11.6 Å². The maximum atomic E-state index is 14.1. The average molecular weight is 453 g/mol. The number of anilines is 2. The second kappa shape index (κ2) is 8.22. The van der Waals surface area contributed by atoms with Gasteiger partial charge in [-0.3, -0.25) is 4.98 Å². The fourth-order valence-corrected chi connectivity index (χ4v) is 3.76. The van der Waals surface area contributed by atoms with Crippen molar-refractivity contribution in [1.29, 1.82) is 0 Å². The Balaban J connectivity index is 1.59. The van der Waals surface area contributed by atoms with Crippen molar-refractivity contribution < 1.29 is 22.3 Å². The molecule has 1 aliphatic heterocycles. The third kappa shape index (κ3) is 4.36. The average Bonchev–Trinajstić information content (AvgIpc) is 2.72. The summed E-state index contributed by atoms with van der Waals surface area (Å²) in [7, 11) is 0. The zero-order valence-corrected chi connectivity index (χ0v) is 16.8. The van der Waals surface area contributed by atoms with Crippen LogP contribution in [0.25, 0.3) is 0 Å². The summed E-state index contributed by atoms with van der Waals surface area (Å²) >= 11 is 6.32. The Morgan fingerprint density at radius 3 is 2.74 bits per heavy atom. The summed E-state index contributed by atoms with van der Waals surface area (Å²) < 4.78 is 59.9. The number of rotatable bonds is 4. The molecule has 0 spiro atoms. The van der Waals surface area contributed by atoms with E-state index in [0.717, 1.165) is 17.8 Å². The van der Waals surface area contributed by atoms with Gasteiger partial charge in [-0.05, 0) is 42.7 Å². The van der Waals surface area contributed by atoms with Crippen molar-refractivity contribution in [2.24, 2.45) is 0 Å². The number of alkyl halides is 3. The Bertz CT molecular complexity index is 1120. The third-order valence-corrected chi connectivity index (χ3v) is 5.35. The highest BCUT2D eigenvalue weighted by molar-refractivity contribution is 6.33. The normalized spacial score (nSPS) is 15.8. The lowest BCUT2D eigenvalue weighted by Crippen LogP contribution is -2.18. The molecular weight excluding hydrogens is 436 g/mol. The van der Waals surface area contributed by atoms with Gasteiger partial charge in [0.25, 0.3) is 0 Å². The first kappa shape index (κ1) is 21.2. The molecule has 0 fully saturated rings. The van der Waals surface area contributed by atoms with Gasteiger partial charge < -0.3 is 15.8 Å². The van der Waals surface area contributed by atoms with Crippen molar-refractivity contribution in [2.75, 3.05) is 11.1 Å². The maximum Gasteiger partial charge on any atom is 0.416 e. The van der Waals surface area contributed by atoms with Crippen LogP contribution in [0.15, 0.2) is 42.7 Å². The summed E-state index contributed by atoms with van der Waals surface area (Å²) in [6, 6.07) is 6.95. The first-order valence-corrected chi connectivity index (χ1v) is 9.75. The number of nitrogens with one attached hydrogen (secondary N) is 1. The highest BCUT2D eigenvalue weighted by atomic mass is 35.5. The first-order valence-electron chi connectivity index (χ1n) is 9.38. The van der Waals surface area contributed by atoms with E-state index in [1.165, 1.54) is 18.3 Å². The Morgan fingerprint density at radius 2 is 2.00 bits per heavy atom. The quantitative estimate of drug-likeness (QED) is 0.508. The topological polar surface area (TPSA) is 73.1 Å². The van der Waals surface area contributed by atoms with Gasteiger partial charge in [0.15, 0.2) is 0 Å². The molecule has 3 N–H and O–H groups in total. The predicted octanol–water partition coefficient (Wildman–Crippen LogP) is 5.55. The van der Waals surface area contributed by atoms with Crippen molar-refractivity contribution >= 4 is 23.1 Å². The molecule has 10 heteroatoms. The highest BCUT2D eigenvalue weighted by Crippen LogP contribution is 2.40. The molecule has 1 aliphatic rings. The molecule has 162 valence electrons. The molecule has 0 saturated heterocycles. The van der Waals surface area contributed by atoms with Gasteiger partial charge in [0, 0.05) is 30.6 Å². The third-order valence-electron chi connectivity index (χ3n) is 5.04. The Labute approximate surface area is 180 Å². The van der Waals surface area contributed by atoms with Crippen LogP contribution in [0.5, 0.6) is 5.75 Å². The van der Waals surface area contributed by atoms with Gasteiger partial charge in [-0.25, -0.2) is 9.37 Å². The van der Waals surface area contributed by atoms with Gasteiger partial charge in [0.2, 0.25) is 0 Å². The Hall–Kier alpha value is -3.07. The molecule has 1 atom stereocenters. The Morgan fingerprint density at radius 1 is 1.19 bits per heavy atom. The van der Waals surface area contributed by atoms with E-state index < -0.39 is 23.7 Å². The van der Waals surface area contributed by atoms with Gasteiger partial charge in [0.1, 0.15) is 29.2 Å². The summed E-state index contributed by atoms with van der Waals surface area (Å²) in [6.07, 6.45) is -1.54. The standard InChI is InChI=1S/C21H17ClF4N4O/c22-14-8-11-3-4-17(19-15(23)2-1-6-28-19)31-18(11)9-16(14)30-10-12-13(21(24,25)26)5-7-29-20(12)27/h1-2,5-9,17,30H,3-4,10H2,(H2,27,29). The van der Waals surface area contributed by atoms with E-state index in [1.807, 2.05) is 0 Å². The van der Waals surface area contributed by atoms with Crippen LogP contribution in [0.3, 0.4) is 0 Å². The van der Waals surface area contributed by atoms with Crippen molar-refractivity contribution in [3.8, 4) is 5.75 Å². The minimum atomic E-state index is -4.57. The lowest BCUT2D eigenvalue weighted by Gasteiger charge is -2.27. The number of hydrogen-bond donors (Lipinski definition) is 2. The summed E-state index contributed by atoms with van der Waals surface area (Å²) in [5, 5.41) is 3.20. The van der Waals surface area contributed by atoms with E-state index >= 15 is 0 Å². The van der Waals surface area contributed by atoms with Gasteiger partial charge in [0.05, 0.1) is 16.3 Å². The molecule has 3 aromatic rings. The highest BCUT2D eigenvalue weighted by Gasteiger charge is 2.34. The SMILES string of the molecule is Nc1nccc(C(F)(F)F)c1CNc1cc2c(cc1Cl)CCC(c1ncccc1F)O2. The molecule has 1 unspecified atom stereocenters. The van der Waals surface area contributed by atoms with Crippen molar-refractivity contribution in [1.82, 2.24) is 9.97 Å². The molecular formula is C21H17ClF4N4O. The van der Waals surface area contributed by atoms with E-state index in [2.05, 4.69) is 15.3 Å². The van der Waals surface area contributed by atoms with E-state index in [9.17, 15) is 17.6 Å². The molecule has 0 amide bonds. The van der Waals surface area contributed by atoms with Crippen molar-refractivity contribution in [3.63, 3.8) is 0 Å². The number of nitrogens with zero attached hydrogens (tertiary/aromatic N) is 2. The zero-order valence-electron chi connectivity index (χ0n) is 16.0. The zero-order chi connectivity index (χ0) is 22.2. The second-order valence-corrected chi connectivity index (χ2v) is 7.44. The smallest absolute Gasteiger partial charge is 0.416 e. The number of fused-ring (bicyclic) bond motifs is 1. The predicted molar refractivity (Wildman–Crippen MR) is 108 cm³/mol. The molecule has 2 aromatic heterocycles. The van der Waals surface area contributed by atoms with E-state index in [0.29, 0.717) is 29.3 Å². The summed E-state index contributed by atoms with van der Waals surface area (Å²) in [4.78, 5) is 7.81. The van der Waals surface area contributed by atoms with Crippen LogP contribution in [0.4, 0.5) is 29.1 Å². The minimum Gasteiger partial charge on any atom is -0.484 e. The van der Waals surface area contributed by atoms with Gasteiger partial charge in [-0.15, -0.1) is 0 Å². The largest absolute Gasteiger partial charge is 0.484 e. The van der Waals surface area contributed by atoms with Crippen LogP contribution in [0, 0.1) is 5.82 Å². The van der Waals surface area contributed by atoms with Gasteiger partial charge in [-0.1, -0.05) is 11.6 Å². The maximum absolute atomic E-state index is 14.1. The molecule has 0 radical (unpaired) electrons. The fraction of sp³-hybridized carbons (Fsp3) is 0.238. The van der Waals surface area contributed by atoms with Gasteiger partial charge in [-0.2, -0.15) is 13.2 Å². The van der Waals surface area contributed by atoms with Crippen LogP contribution in [0.2, 0.25) is 5.02 Å². The molecule has 1 aromatic carbocycles. The monoisotopic (exact) mass is 452 g/mol. The molecule has 3 heterocycles. The summed E-state index contributed by atoms with van der Waals surface area (Å²) in [6.45, 7) is -0.245. The number of ether oxygens (including phenoxy) is 1. The number of aryl methyl sites for hydroxylation is 1. The molecule has 0 saturated carbocycles. The van der Waals surface area contributed by atoms with Crippen LogP contribution in [0.1, 0.15) is 34.9 Å². The number of pyridine rings is 2. The van der Waals surface area contributed by atoms with Crippen LogP contribution in [-0.2, 0) is 19.1 Å². The van der Waals surface area contributed by atoms with Gasteiger partial charge >= 0.3 is 6.18 Å². The van der Waals surface area contributed by atoms with E-state index in [-0.39, 0.29) is 23.6 Å². The Kier molecular flexibility index (Phi) is 5.62. The van der Waals surface area contributed by atoms with Crippen molar-refractivity contribution in [3.05, 3.63) is 75.9 Å². The summed E-state index contributed by atoms with van der Waals surface area (Å²) in [5.41, 5.74) is 6.01. The molecule has 0 bridgehead atoms. The van der Waals surface area contributed by atoms with Crippen molar-refractivity contribution in [2.45, 2.75) is 31.7 Å². The van der Waals surface area contributed by atoms with Crippen LogP contribution < -0.4 is 15.8 Å². The number of aromatic nitrogens is 2. The fourth-order valence-electron chi connectivity index (χ4n) is 3.50. The number of halogens is 5. The minimum absolute atomic E-state index is 0.182. The molecule has 5 nitrogen and oxygen atoms in total. The lowest BCUT2D eigenvalue weighted by molar-refractivity contribution is -0.138. The molecule has 4 rings (SSSR count). The summed E-state index contributed by atoms with van der Waals surface area (Å²) in [5.74, 6) is -0.225. The number of nitrogens with two attached hydrogens (primary N) is 1. The van der Waals surface area contributed by atoms with Crippen LogP contribution in [-0.4, -0.2) is 9.97 Å². The molecule has 31 heavy (non-hydrogen) atoms. The van der Waals surface area contributed by atoms with E-state index in [4.69, 9.17) is 22.1 Å². The molecule has 0 aliphatic carbocycles. The number of benzene rings is 1. The first-order chi connectivity index (χ1) is 14.7. The lowest BCUT2D eigenvalue weighted by atomic mass is 9.99. The second-order valence-electron chi connectivity index (χ2n) is 7.03. The number of nitrogen functional groups attached to an aromatic ring is 1. The van der Waals surface area contributed by atoms with E-state index in [1.54, 1.807) is 12.1 Å².